The predicted molar refractivity (Wildman–Crippen MR) is 95.8 cm³/mol. The van der Waals surface area contributed by atoms with Crippen molar-refractivity contribution in [1.82, 2.24) is 10.2 Å². The number of rotatable bonds is 4. The van der Waals surface area contributed by atoms with Crippen molar-refractivity contribution in [2.45, 2.75) is 11.0 Å². The number of halogens is 4. The van der Waals surface area contributed by atoms with Gasteiger partial charge in [-0.05, 0) is 35.9 Å². The van der Waals surface area contributed by atoms with Gasteiger partial charge in [-0.15, -0.1) is 10.2 Å². The first-order valence-corrected chi connectivity index (χ1v) is 8.89. The number of nitrogens with zero attached hydrogens (tertiary/aromatic N) is 2. The Bertz CT molecular complexity index is 833. The Hall–Kier alpha value is -0.910. The molecule has 0 saturated heterocycles. The van der Waals surface area contributed by atoms with E-state index >= 15 is 0 Å². The van der Waals surface area contributed by atoms with Gasteiger partial charge in [0.2, 0.25) is 5.89 Å². The molecule has 0 amide bonds. The minimum Gasteiger partial charge on any atom is -0.411 e. The van der Waals surface area contributed by atoms with Crippen LogP contribution in [0.15, 0.2) is 46.0 Å². The Balaban J connectivity index is 1.77. The van der Waals surface area contributed by atoms with Crippen LogP contribution in [0, 0.1) is 0 Å². The number of benzene rings is 2. The Morgan fingerprint density at radius 1 is 0.913 bits per heavy atom. The zero-order chi connectivity index (χ0) is 16.4. The lowest BCUT2D eigenvalue weighted by molar-refractivity contribution is 0.466. The fraction of sp³-hybridized carbons (Fsp3) is 0.0667. The maximum atomic E-state index is 6.14. The molecule has 23 heavy (non-hydrogen) atoms. The van der Waals surface area contributed by atoms with Crippen LogP contribution in [0.25, 0.3) is 11.5 Å². The van der Waals surface area contributed by atoms with Crippen LogP contribution in [0.2, 0.25) is 20.1 Å². The van der Waals surface area contributed by atoms with E-state index in [1.54, 1.807) is 36.4 Å². The lowest BCUT2D eigenvalue weighted by atomic mass is 10.2. The highest BCUT2D eigenvalue weighted by molar-refractivity contribution is 7.98. The highest BCUT2D eigenvalue weighted by Crippen LogP contribution is 2.34. The Morgan fingerprint density at radius 2 is 1.65 bits per heavy atom. The first kappa shape index (κ1) is 16.9. The van der Waals surface area contributed by atoms with Crippen LogP contribution in [0.3, 0.4) is 0 Å². The summed E-state index contributed by atoms with van der Waals surface area (Å²) in [4.78, 5) is 0. The van der Waals surface area contributed by atoms with Crippen LogP contribution in [0.4, 0.5) is 0 Å². The second kappa shape index (κ2) is 7.32. The van der Waals surface area contributed by atoms with E-state index in [9.17, 15) is 0 Å². The number of hydrogen-bond acceptors (Lipinski definition) is 4. The molecule has 0 saturated carbocycles. The summed E-state index contributed by atoms with van der Waals surface area (Å²) < 4.78 is 5.62. The maximum Gasteiger partial charge on any atom is 0.277 e. The van der Waals surface area contributed by atoms with Gasteiger partial charge in [0.1, 0.15) is 0 Å². The topological polar surface area (TPSA) is 38.9 Å². The first-order valence-electron chi connectivity index (χ1n) is 6.39. The molecular weight excluding hydrogens is 398 g/mol. The zero-order valence-corrected chi connectivity index (χ0v) is 15.2. The molecule has 0 aliphatic carbocycles. The summed E-state index contributed by atoms with van der Waals surface area (Å²) in [6.45, 7) is 0. The second-order valence-electron chi connectivity index (χ2n) is 4.49. The molecule has 3 nitrogen and oxygen atoms in total. The van der Waals surface area contributed by atoms with E-state index in [1.807, 2.05) is 0 Å². The van der Waals surface area contributed by atoms with Crippen molar-refractivity contribution in [2.75, 3.05) is 0 Å². The summed E-state index contributed by atoms with van der Waals surface area (Å²) in [5.41, 5.74) is 1.45. The third kappa shape index (κ3) is 3.95. The van der Waals surface area contributed by atoms with Crippen molar-refractivity contribution in [3.63, 3.8) is 0 Å². The smallest absolute Gasteiger partial charge is 0.277 e. The quantitative estimate of drug-likeness (QED) is 0.456. The van der Waals surface area contributed by atoms with E-state index in [4.69, 9.17) is 50.8 Å². The van der Waals surface area contributed by atoms with Gasteiger partial charge in [-0.1, -0.05) is 64.2 Å². The van der Waals surface area contributed by atoms with Gasteiger partial charge in [-0.3, -0.25) is 0 Å². The van der Waals surface area contributed by atoms with Gasteiger partial charge in [0, 0.05) is 20.8 Å². The molecule has 3 rings (SSSR count). The summed E-state index contributed by atoms with van der Waals surface area (Å²) in [6.07, 6.45) is 0. The lowest BCUT2D eigenvalue weighted by Crippen LogP contribution is -1.84. The summed E-state index contributed by atoms with van der Waals surface area (Å²) >= 11 is 25.6. The molecule has 0 fully saturated rings. The van der Waals surface area contributed by atoms with Crippen LogP contribution in [0.1, 0.15) is 5.56 Å². The van der Waals surface area contributed by atoms with E-state index in [1.165, 1.54) is 11.8 Å². The van der Waals surface area contributed by atoms with Gasteiger partial charge in [0.15, 0.2) is 0 Å². The van der Waals surface area contributed by atoms with Gasteiger partial charge >= 0.3 is 0 Å². The van der Waals surface area contributed by atoms with Crippen LogP contribution in [-0.2, 0) is 5.75 Å². The molecule has 0 aliphatic heterocycles. The molecule has 2 aromatic carbocycles. The molecule has 0 aliphatic rings. The highest BCUT2D eigenvalue weighted by atomic mass is 35.5. The van der Waals surface area contributed by atoms with Crippen LogP contribution in [-0.4, -0.2) is 10.2 Å². The molecule has 1 aromatic heterocycles. The van der Waals surface area contributed by atoms with Gasteiger partial charge in [-0.25, -0.2) is 0 Å². The molecule has 0 unspecified atom stereocenters. The summed E-state index contributed by atoms with van der Waals surface area (Å²) in [7, 11) is 0. The highest BCUT2D eigenvalue weighted by Gasteiger charge is 2.14. The molecule has 1 heterocycles. The summed E-state index contributed by atoms with van der Waals surface area (Å²) in [5.74, 6) is 0.855. The van der Waals surface area contributed by atoms with E-state index in [0.717, 1.165) is 5.56 Å². The first-order chi connectivity index (χ1) is 11.0. The van der Waals surface area contributed by atoms with Crippen LogP contribution < -0.4 is 0 Å². The average molecular weight is 406 g/mol. The monoisotopic (exact) mass is 404 g/mol. The second-order valence-corrected chi connectivity index (χ2v) is 7.07. The fourth-order valence-corrected chi connectivity index (χ4v) is 3.84. The third-order valence-corrected chi connectivity index (χ3v) is 5.07. The Kier molecular flexibility index (Phi) is 5.39. The van der Waals surface area contributed by atoms with Crippen LogP contribution in [0.5, 0.6) is 0 Å². The summed E-state index contributed by atoms with van der Waals surface area (Å²) in [5, 5.41) is 10.6. The zero-order valence-electron chi connectivity index (χ0n) is 11.4. The minimum atomic E-state index is 0.333. The summed E-state index contributed by atoms with van der Waals surface area (Å²) in [6, 6.07) is 10.4. The van der Waals surface area contributed by atoms with E-state index in [-0.39, 0.29) is 0 Å². The predicted octanol–water partition coefficient (Wildman–Crippen LogP) is 6.64. The van der Waals surface area contributed by atoms with Gasteiger partial charge in [0.25, 0.3) is 5.22 Å². The number of aromatic nitrogens is 2. The van der Waals surface area contributed by atoms with Crippen LogP contribution >= 0.6 is 58.2 Å². The van der Waals surface area contributed by atoms with Gasteiger partial charge in [-0.2, -0.15) is 0 Å². The number of hydrogen-bond donors (Lipinski definition) is 0. The maximum absolute atomic E-state index is 6.14. The van der Waals surface area contributed by atoms with Crippen molar-refractivity contribution >= 4 is 58.2 Å². The molecule has 0 radical (unpaired) electrons. The van der Waals surface area contributed by atoms with E-state index < -0.39 is 0 Å². The van der Waals surface area contributed by atoms with Crippen molar-refractivity contribution in [2.24, 2.45) is 0 Å². The van der Waals surface area contributed by atoms with Crippen molar-refractivity contribution in [1.29, 1.82) is 0 Å². The van der Waals surface area contributed by atoms with Gasteiger partial charge < -0.3 is 4.42 Å². The fourth-order valence-electron chi connectivity index (χ4n) is 1.84. The minimum absolute atomic E-state index is 0.333. The largest absolute Gasteiger partial charge is 0.411 e. The Labute approximate surface area is 156 Å². The molecule has 3 aromatic rings. The normalized spacial score (nSPS) is 11.0. The molecule has 0 spiro atoms. The average Bonchev–Trinajstić information content (AvgIpc) is 2.95. The standard InChI is InChI=1S/C15H8Cl4N2OS/c16-8-4-5-9(13(19)6-8)14-20-21-15(22-14)23-7-10-11(17)2-1-3-12(10)18/h1-6H,7H2. The van der Waals surface area contributed by atoms with E-state index in [0.29, 0.717) is 42.5 Å². The molecular formula is C15H8Cl4N2OS. The number of thioether (sulfide) groups is 1. The lowest BCUT2D eigenvalue weighted by Gasteiger charge is -2.04. The molecule has 0 atom stereocenters. The van der Waals surface area contributed by atoms with Crippen molar-refractivity contribution < 1.29 is 4.42 Å². The Morgan fingerprint density at radius 3 is 2.35 bits per heavy atom. The third-order valence-electron chi connectivity index (χ3n) is 2.97. The van der Waals surface area contributed by atoms with Crippen molar-refractivity contribution in [3.8, 4) is 11.5 Å². The molecule has 8 heteroatoms. The van der Waals surface area contributed by atoms with Crippen molar-refractivity contribution in [3.05, 3.63) is 62.1 Å². The van der Waals surface area contributed by atoms with Gasteiger partial charge in [0.05, 0.1) is 10.6 Å². The molecule has 0 bridgehead atoms. The SMILES string of the molecule is Clc1ccc(-c2nnc(SCc3c(Cl)cccc3Cl)o2)c(Cl)c1. The molecule has 0 N–H and O–H groups in total. The van der Waals surface area contributed by atoms with E-state index in [2.05, 4.69) is 10.2 Å². The molecule has 118 valence electrons.